The Balaban J connectivity index is 1.83. The van der Waals surface area contributed by atoms with Gasteiger partial charge in [0.2, 0.25) is 0 Å². The molecule has 2 heteroatoms. The maximum atomic E-state index is 3.72. The Hall–Kier alpha value is -0.860. The molecule has 1 heterocycles. The summed E-state index contributed by atoms with van der Waals surface area (Å²) in [5, 5.41) is 7.60. The first-order chi connectivity index (χ1) is 10.2. The van der Waals surface area contributed by atoms with Crippen LogP contribution < -0.4 is 5.32 Å². The molecule has 0 unspecified atom stereocenters. The molecule has 0 atom stereocenters. The van der Waals surface area contributed by atoms with Crippen LogP contribution in [-0.4, -0.2) is 12.6 Å². The summed E-state index contributed by atoms with van der Waals surface area (Å²) in [5.74, 6) is 0. The van der Waals surface area contributed by atoms with Crippen LogP contribution in [0.1, 0.15) is 51.5 Å². The molecule has 1 N–H and O–H groups in total. The van der Waals surface area contributed by atoms with Crippen molar-refractivity contribution in [3.63, 3.8) is 0 Å². The average molecular weight is 301 g/mol. The van der Waals surface area contributed by atoms with Crippen LogP contribution in [-0.2, 0) is 6.42 Å². The summed E-state index contributed by atoms with van der Waals surface area (Å²) in [4.78, 5) is 0. The summed E-state index contributed by atoms with van der Waals surface area (Å²) >= 11 is 1.91. The van der Waals surface area contributed by atoms with Gasteiger partial charge in [0.15, 0.2) is 0 Å². The van der Waals surface area contributed by atoms with Gasteiger partial charge in [-0.05, 0) is 47.1 Å². The number of benzene rings is 1. The predicted octanol–water partition coefficient (Wildman–Crippen LogP) is 5.39. The minimum atomic E-state index is 0.479. The first kappa shape index (κ1) is 15.1. The summed E-state index contributed by atoms with van der Waals surface area (Å²) in [6.07, 6.45) is 8.25. The fraction of sp³-hybridized carbons (Fsp3) is 0.579. The van der Waals surface area contributed by atoms with Crippen molar-refractivity contribution in [2.45, 2.75) is 58.4 Å². The van der Waals surface area contributed by atoms with Crippen LogP contribution in [0.25, 0.3) is 10.1 Å². The van der Waals surface area contributed by atoms with Crippen LogP contribution in [0.5, 0.6) is 0 Å². The molecule has 0 bridgehead atoms. The Labute approximate surface area is 132 Å². The van der Waals surface area contributed by atoms with Gasteiger partial charge in [-0.1, -0.05) is 51.3 Å². The Morgan fingerprint density at radius 2 is 1.90 bits per heavy atom. The molecule has 2 aromatic rings. The van der Waals surface area contributed by atoms with Crippen LogP contribution in [0.3, 0.4) is 0 Å². The van der Waals surface area contributed by atoms with Crippen molar-refractivity contribution in [1.29, 1.82) is 0 Å². The maximum Gasteiger partial charge on any atom is 0.0345 e. The zero-order chi connectivity index (χ0) is 14.7. The highest BCUT2D eigenvalue weighted by molar-refractivity contribution is 7.17. The molecule has 0 saturated heterocycles. The fourth-order valence-electron chi connectivity index (χ4n) is 3.71. The van der Waals surface area contributed by atoms with E-state index in [0.29, 0.717) is 11.5 Å². The van der Waals surface area contributed by atoms with Crippen molar-refractivity contribution in [2.24, 2.45) is 5.41 Å². The van der Waals surface area contributed by atoms with E-state index in [1.165, 1.54) is 55.2 Å². The molecule has 0 radical (unpaired) electrons. The summed E-state index contributed by atoms with van der Waals surface area (Å²) in [5.41, 5.74) is 2.05. The second-order valence-corrected chi connectivity index (χ2v) is 7.94. The molecule has 3 rings (SSSR count). The summed E-state index contributed by atoms with van der Waals surface area (Å²) in [6, 6.07) is 9.47. The van der Waals surface area contributed by atoms with Crippen LogP contribution in [0.4, 0.5) is 0 Å². The standard InChI is InChI=1S/C19H27NS/c1-15(2)20-14-19(10-6-3-7-11-19)12-16-13-21-18-9-5-4-8-17(16)18/h4-5,8-9,13,15,20H,3,6-7,10-12,14H2,1-2H3. The van der Waals surface area contributed by atoms with Crippen LogP contribution in [0.2, 0.25) is 0 Å². The van der Waals surface area contributed by atoms with Crippen molar-refractivity contribution in [3.8, 4) is 0 Å². The molecule has 1 fully saturated rings. The van der Waals surface area contributed by atoms with Gasteiger partial charge in [-0.15, -0.1) is 11.3 Å². The topological polar surface area (TPSA) is 12.0 Å². The second kappa shape index (κ2) is 6.50. The van der Waals surface area contributed by atoms with Gasteiger partial charge in [-0.2, -0.15) is 0 Å². The highest BCUT2D eigenvalue weighted by atomic mass is 32.1. The zero-order valence-corrected chi connectivity index (χ0v) is 14.1. The molecule has 1 nitrogen and oxygen atoms in total. The predicted molar refractivity (Wildman–Crippen MR) is 94.2 cm³/mol. The first-order valence-electron chi connectivity index (χ1n) is 8.37. The van der Waals surface area contributed by atoms with E-state index in [1.54, 1.807) is 5.56 Å². The van der Waals surface area contributed by atoms with E-state index < -0.39 is 0 Å². The molecule has 1 saturated carbocycles. The summed E-state index contributed by atoms with van der Waals surface area (Å²) < 4.78 is 1.44. The third-order valence-electron chi connectivity index (χ3n) is 4.93. The first-order valence-corrected chi connectivity index (χ1v) is 9.25. The van der Waals surface area contributed by atoms with Gasteiger partial charge in [0.05, 0.1) is 0 Å². The molecule has 1 aromatic carbocycles. The molecule has 0 aliphatic heterocycles. The van der Waals surface area contributed by atoms with Crippen LogP contribution in [0.15, 0.2) is 29.6 Å². The van der Waals surface area contributed by atoms with Gasteiger partial charge in [0.25, 0.3) is 0 Å². The van der Waals surface area contributed by atoms with Crippen molar-refractivity contribution >= 4 is 21.4 Å². The van der Waals surface area contributed by atoms with Crippen molar-refractivity contribution in [1.82, 2.24) is 5.32 Å². The second-order valence-electron chi connectivity index (χ2n) is 7.03. The van der Waals surface area contributed by atoms with Gasteiger partial charge in [-0.3, -0.25) is 0 Å². The smallest absolute Gasteiger partial charge is 0.0345 e. The number of thiophene rings is 1. The molecular formula is C19H27NS. The number of hydrogen-bond acceptors (Lipinski definition) is 2. The lowest BCUT2D eigenvalue weighted by atomic mass is 9.70. The van der Waals surface area contributed by atoms with E-state index in [9.17, 15) is 0 Å². The van der Waals surface area contributed by atoms with Gasteiger partial charge < -0.3 is 5.32 Å². The van der Waals surface area contributed by atoms with E-state index >= 15 is 0 Å². The van der Waals surface area contributed by atoms with E-state index in [-0.39, 0.29) is 0 Å². The quantitative estimate of drug-likeness (QED) is 0.780. The lowest BCUT2D eigenvalue weighted by molar-refractivity contribution is 0.177. The number of nitrogens with one attached hydrogen (secondary N) is 1. The number of fused-ring (bicyclic) bond motifs is 1. The van der Waals surface area contributed by atoms with Crippen LogP contribution >= 0.6 is 11.3 Å². The lowest BCUT2D eigenvalue weighted by Crippen LogP contribution is -2.40. The molecule has 1 aromatic heterocycles. The Morgan fingerprint density at radius 1 is 1.14 bits per heavy atom. The SMILES string of the molecule is CC(C)NCC1(Cc2csc3ccccc23)CCCCC1. The third kappa shape index (κ3) is 3.49. The van der Waals surface area contributed by atoms with Crippen molar-refractivity contribution in [3.05, 3.63) is 35.2 Å². The normalized spacial score (nSPS) is 18.4. The van der Waals surface area contributed by atoms with Crippen molar-refractivity contribution in [2.75, 3.05) is 6.54 Å². The number of rotatable bonds is 5. The van der Waals surface area contributed by atoms with E-state index in [4.69, 9.17) is 0 Å². The largest absolute Gasteiger partial charge is 0.314 e. The fourth-order valence-corrected chi connectivity index (χ4v) is 4.67. The van der Waals surface area contributed by atoms with Gasteiger partial charge in [-0.25, -0.2) is 0 Å². The van der Waals surface area contributed by atoms with Gasteiger partial charge in [0.1, 0.15) is 0 Å². The molecule has 0 amide bonds. The maximum absolute atomic E-state index is 3.72. The molecule has 21 heavy (non-hydrogen) atoms. The lowest BCUT2D eigenvalue weighted by Gasteiger charge is -2.38. The van der Waals surface area contributed by atoms with Gasteiger partial charge >= 0.3 is 0 Å². The molecule has 1 aliphatic carbocycles. The molecule has 114 valence electrons. The monoisotopic (exact) mass is 301 g/mol. The minimum Gasteiger partial charge on any atom is -0.314 e. The van der Waals surface area contributed by atoms with E-state index in [0.717, 1.165) is 0 Å². The van der Waals surface area contributed by atoms with E-state index in [1.807, 2.05) is 11.3 Å². The Bertz CT molecular complexity index is 578. The average Bonchev–Trinajstić information content (AvgIpc) is 2.90. The van der Waals surface area contributed by atoms with Crippen LogP contribution in [0, 0.1) is 5.41 Å². The third-order valence-corrected chi connectivity index (χ3v) is 5.94. The van der Waals surface area contributed by atoms with E-state index in [2.05, 4.69) is 48.8 Å². The molecular weight excluding hydrogens is 274 g/mol. The highest BCUT2D eigenvalue weighted by Gasteiger charge is 2.32. The Morgan fingerprint density at radius 3 is 2.67 bits per heavy atom. The highest BCUT2D eigenvalue weighted by Crippen LogP contribution is 2.41. The zero-order valence-electron chi connectivity index (χ0n) is 13.3. The molecule has 0 spiro atoms. The van der Waals surface area contributed by atoms with Crippen molar-refractivity contribution < 1.29 is 0 Å². The summed E-state index contributed by atoms with van der Waals surface area (Å²) in [7, 11) is 0. The van der Waals surface area contributed by atoms with Gasteiger partial charge in [0, 0.05) is 17.3 Å². The Kier molecular flexibility index (Phi) is 4.66. The summed E-state index contributed by atoms with van der Waals surface area (Å²) in [6.45, 7) is 5.70. The number of hydrogen-bond donors (Lipinski definition) is 1. The minimum absolute atomic E-state index is 0.479. The molecule has 1 aliphatic rings.